The second kappa shape index (κ2) is 11.7. The Morgan fingerprint density at radius 3 is 1.85 bits per heavy atom. The van der Waals surface area contributed by atoms with Crippen LogP contribution in [0.5, 0.6) is 0 Å². The maximum atomic E-state index is 12.8. The molecule has 3 rings (SSSR count). The van der Waals surface area contributed by atoms with E-state index in [1.807, 2.05) is 0 Å². The number of hydrogen-bond acceptors (Lipinski definition) is 6. The highest BCUT2D eigenvalue weighted by molar-refractivity contribution is 5.81. The maximum Gasteiger partial charge on any atom is 0.162 e. The van der Waals surface area contributed by atoms with E-state index in [4.69, 9.17) is 23.7 Å². The lowest BCUT2D eigenvalue weighted by Gasteiger charge is -2.49. The number of ketones is 1. The van der Waals surface area contributed by atoms with Gasteiger partial charge in [0.15, 0.2) is 18.4 Å². The second-order valence-corrected chi connectivity index (χ2v) is 11.6. The summed E-state index contributed by atoms with van der Waals surface area (Å²) >= 11 is 0. The van der Waals surface area contributed by atoms with Gasteiger partial charge in [-0.25, -0.2) is 0 Å². The van der Waals surface area contributed by atoms with Crippen molar-refractivity contribution in [3.8, 4) is 0 Å². The van der Waals surface area contributed by atoms with E-state index in [0.717, 1.165) is 19.3 Å². The van der Waals surface area contributed by atoms with E-state index in [9.17, 15) is 4.79 Å². The first kappa shape index (κ1) is 28.0. The van der Waals surface area contributed by atoms with Crippen LogP contribution >= 0.6 is 0 Å². The molecule has 3 fully saturated rings. The van der Waals surface area contributed by atoms with Gasteiger partial charge in [-0.05, 0) is 56.8 Å². The summed E-state index contributed by atoms with van der Waals surface area (Å²) < 4.78 is 32.2. The minimum Gasteiger partial charge on any atom is -0.373 e. The summed E-state index contributed by atoms with van der Waals surface area (Å²) in [5.41, 5.74) is 0. The van der Waals surface area contributed by atoms with Crippen molar-refractivity contribution in [1.29, 1.82) is 0 Å². The molecule has 0 amide bonds. The second-order valence-electron chi connectivity index (χ2n) is 11.6. The van der Waals surface area contributed by atoms with Crippen LogP contribution in [0.4, 0.5) is 0 Å². The third kappa shape index (κ3) is 5.72. The van der Waals surface area contributed by atoms with Crippen LogP contribution in [-0.2, 0) is 28.5 Å². The van der Waals surface area contributed by atoms with Crippen molar-refractivity contribution in [3.05, 3.63) is 0 Å². The van der Waals surface area contributed by atoms with E-state index in [2.05, 4.69) is 62.3 Å². The van der Waals surface area contributed by atoms with Gasteiger partial charge >= 0.3 is 0 Å². The molecule has 6 nitrogen and oxygen atoms in total. The zero-order chi connectivity index (χ0) is 25.3. The molecule has 0 bridgehead atoms. The Labute approximate surface area is 207 Å². The number of ether oxygens (including phenoxy) is 5. The molecule has 0 radical (unpaired) electrons. The number of Topliss-reactive ketones (excluding diaryl/α,β-unsaturated/α-hetero) is 1. The van der Waals surface area contributed by atoms with Gasteiger partial charge in [0, 0.05) is 11.8 Å². The lowest BCUT2D eigenvalue weighted by Crippen LogP contribution is -2.58. The van der Waals surface area contributed by atoms with Gasteiger partial charge in [-0.1, -0.05) is 55.4 Å². The van der Waals surface area contributed by atoms with Gasteiger partial charge in [0.05, 0.1) is 30.5 Å². The van der Waals surface area contributed by atoms with Gasteiger partial charge in [0.1, 0.15) is 6.10 Å². The molecular formula is C28H50O6. The molecule has 14 atom stereocenters. The van der Waals surface area contributed by atoms with Crippen LogP contribution in [0.3, 0.4) is 0 Å². The summed E-state index contributed by atoms with van der Waals surface area (Å²) in [5.74, 6) is 1.70. The van der Waals surface area contributed by atoms with E-state index in [1.54, 1.807) is 6.92 Å². The molecule has 0 spiro atoms. The van der Waals surface area contributed by atoms with E-state index < -0.39 is 12.4 Å². The minimum absolute atomic E-state index is 0.0251. The summed E-state index contributed by atoms with van der Waals surface area (Å²) in [6.07, 6.45) is 1.39. The number of carbonyl (C=O) groups excluding carboxylic acids is 1. The quantitative estimate of drug-likeness (QED) is 0.470. The Bertz CT molecular complexity index is 667. The van der Waals surface area contributed by atoms with Crippen molar-refractivity contribution in [3.63, 3.8) is 0 Å². The SMILES string of the molecule is CCC1O[C@@H](O[C@@H]2C(C(C)=O)O[C@@H](O[C@@H]3C(CC)OC(C)C[C@H]3C)C(C)[C@H]2C)C(C)[C@@H](C)[C@@H]1C. The Kier molecular flexibility index (Phi) is 9.64. The Hall–Kier alpha value is -0.530. The summed E-state index contributed by atoms with van der Waals surface area (Å²) in [6.45, 7) is 21.3. The molecule has 198 valence electrons. The predicted molar refractivity (Wildman–Crippen MR) is 132 cm³/mol. The van der Waals surface area contributed by atoms with E-state index in [-0.39, 0.29) is 60.3 Å². The summed E-state index contributed by atoms with van der Waals surface area (Å²) in [7, 11) is 0. The van der Waals surface area contributed by atoms with Crippen molar-refractivity contribution < 1.29 is 28.5 Å². The molecule has 3 heterocycles. The Morgan fingerprint density at radius 2 is 1.26 bits per heavy atom. The Balaban J connectivity index is 1.75. The summed E-state index contributed by atoms with van der Waals surface area (Å²) in [4.78, 5) is 12.8. The lowest BCUT2D eigenvalue weighted by molar-refractivity contribution is -0.331. The monoisotopic (exact) mass is 482 g/mol. The van der Waals surface area contributed by atoms with Crippen molar-refractivity contribution in [2.24, 2.45) is 35.5 Å². The number of rotatable bonds is 7. The largest absolute Gasteiger partial charge is 0.373 e. The lowest BCUT2D eigenvalue weighted by atomic mass is 9.78. The van der Waals surface area contributed by atoms with Gasteiger partial charge in [-0.3, -0.25) is 4.79 Å². The fraction of sp³-hybridized carbons (Fsp3) is 0.964. The van der Waals surface area contributed by atoms with Crippen LogP contribution < -0.4 is 0 Å². The van der Waals surface area contributed by atoms with Gasteiger partial charge in [0.2, 0.25) is 0 Å². The third-order valence-electron chi connectivity index (χ3n) is 9.17. The van der Waals surface area contributed by atoms with Crippen LogP contribution in [-0.4, -0.2) is 55.0 Å². The molecule has 0 aromatic carbocycles. The molecule has 3 aliphatic heterocycles. The molecule has 0 aromatic heterocycles. The zero-order valence-corrected chi connectivity index (χ0v) is 23.2. The fourth-order valence-electron chi connectivity index (χ4n) is 6.27. The molecule has 0 aliphatic carbocycles. The maximum absolute atomic E-state index is 12.8. The number of hydrogen-bond donors (Lipinski definition) is 0. The summed E-state index contributed by atoms with van der Waals surface area (Å²) in [5, 5.41) is 0. The molecule has 3 saturated heterocycles. The van der Waals surface area contributed by atoms with Gasteiger partial charge in [-0.15, -0.1) is 0 Å². The van der Waals surface area contributed by atoms with E-state index in [0.29, 0.717) is 17.8 Å². The first-order chi connectivity index (χ1) is 16.0. The van der Waals surface area contributed by atoms with E-state index in [1.165, 1.54) is 0 Å². The molecule has 0 aromatic rings. The van der Waals surface area contributed by atoms with Crippen LogP contribution in [0, 0.1) is 35.5 Å². The average molecular weight is 483 g/mol. The zero-order valence-electron chi connectivity index (χ0n) is 23.2. The Morgan fingerprint density at radius 1 is 0.706 bits per heavy atom. The van der Waals surface area contributed by atoms with Crippen molar-refractivity contribution in [1.82, 2.24) is 0 Å². The van der Waals surface area contributed by atoms with Crippen LogP contribution in [0.15, 0.2) is 0 Å². The smallest absolute Gasteiger partial charge is 0.162 e. The average Bonchev–Trinajstić information content (AvgIpc) is 2.79. The van der Waals surface area contributed by atoms with Gasteiger partial charge < -0.3 is 23.7 Å². The fourth-order valence-corrected chi connectivity index (χ4v) is 6.27. The summed E-state index contributed by atoms with van der Waals surface area (Å²) in [6, 6.07) is 0. The highest BCUT2D eigenvalue weighted by atomic mass is 16.7. The molecule has 0 N–H and O–H groups in total. The third-order valence-corrected chi connectivity index (χ3v) is 9.17. The number of carbonyl (C=O) groups is 1. The highest BCUT2D eigenvalue weighted by Crippen LogP contribution is 2.41. The van der Waals surface area contributed by atoms with Crippen LogP contribution in [0.2, 0.25) is 0 Å². The molecule has 3 aliphatic rings. The molecule has 6 unspecified atom stereocenters. The normalized spacial score (nSPS) is 50.2. The minimum atomic E-state index is -0.666. The topological polar surface area (TPSA) is 63.2 Å². The standard InChI is InChI=1S/C28H50O6/c1-11-22-17(6)16(5)19(8)27(31-22)33-25-18(7)20(9)28(34-26(25)21(10)29)32-24-14(3)13-15(4)30-23(24)12-2/h14-20,22-28H,11-13H2,1-10H3/t14-,15?,16+,17+,18-,19?,20?,22?,23?,24+,25+,26?,27+,28-/m1/s1. The first-order valence-electron chi connectivity index (χ1n) is 13.8. The van der Waals surface area contributed by atoms with Crippen molar-refractivity contribution >= 4 is 5.78 Å². The molecule has 0 saturated carbocycles. The van der Waals surface area contributed by atoms with Gasteiger partial charge in [-0.2, -0.15) is 0 Å². The van der Waals surface area contributed by atoms with Crippen LogP contribution in [0.25, 0.3) is 0 Å². The first-order valence-corrected chi connectivity index (χ1v) is 13.8. The van der Waals surface area contributed by atoms with Crippen molar-refractivity contribution in [2.45, 2.75) is 138 Å². The van der Waals surface area contributed by atoms with Crippen molar-refractivity contribution in [2.75, 3.05) is 0 Å². The predicted octanol–water partition coefficient (Wildman–Crippen LogP) is 5.61. The van der Waals surface area contributed by atoms with E-state index >= 15 is 0 Å². The van der Waals surface area contributed by atoms with Crippen LogP contribution in [0.1, 0.15) is 88.5 Å². The highest BCUT2D eigenvalue weighted by Gasteiger charge is 2.49. The molecular weight excluding hydrogens is 432 g/mol. The van der Waals surface area contributed by atoms with Gasteiger partial charge in [0.25, 0.3) is 0 Å². The molecule has 6 heteroatoms. The molecule has 34 heavy (non-hydrogen) atoms.